The number of furan rings is 1. The van der Waals surface area contributed by atoms with Gasteiger partial charge in [-0.15, -0.1) is 11.8 Å². The number of carbonyl (C=O) groups excluding carboxylic acids is 1. The minimum absolute atomic E-state index is 0.00802. The van der Waals surface area contributed by atoms with Crippen LogP contribution in [0.25, 0.3) is 5.69 Å². The van der Waals surface area contributed by atoms with E-state index < -0.39 is 0 Å². The first-order valence-corrected chi connectivity index (χ1v) is 9.01. The van der Waals surface area contributed by atoms with Gasteiger partial charge in [-0.25, -0.2) is 0 Å². The molecule has 6 heteroatoms. The summed E-state index contributed by atoms with van der Waals surface area (Å²) in [7, 11) is 0. The van der Waals surface area contributed by atoms with Crippen molar-refractivity contribution in [3.8, 4) is 5.69 Å². The van der Waals surface area contributed by atoms with Crippen LogP contribution >= 0.6 is 23.4 Å². The summed E-state index contributed by atoms with van der Waals surface area (Å²) < 4.78 is 7.38. The second-order valence-corrected chi connectivity index (χ2v) is 7.04. The SMILES string of the molecule is O=C1CSC(c2ccn(-c3ccccc3Cl)c2)N1Cc1ccco1. The molecule has 4 nitrogen and oxygen atoms in total. The van der Waals surface area contributed by atoms with Crippen molar-refractivity contribution in [1.82, 2.24) is 9.47 Å². The first-order chi connectivity index (χ1) is 11.7. The minimum atomic E-state index is -0.00802. The third kappa shape index (κ3) is 2.85. The molecule has 4 rings (SSSR count). The molecule has 0 aliphatic carbocycles. The fourth-order valence-corrected chi connectivity index (χ4v) is 4.25. The first-order valence-electron chi connectivity index (χ1n) is 7.58. The van der Waals surface area contributed by atoms with Crippen LogP contribution in [0.15, 0.2) is 65.5 Å². The molecule has 122 valence electrons. The van der Waals surface area contributed by atoms with Crippen LogP contribution in [0.2, 0.25) is 5.02 Å². The number of rotatable bonds is 4. The molecule has 0 N–H and O–H groups in total. The van der Waals surface area contributed by atoms with Crippen molar-refractivity contribution in [2.45, 2.75) is 11.9 Å². The van der Waals surface area contributed by atoms with Crippen LogP contribution in [0.3, 0.4) is 0 Å². The van der Waals surface area contributed by atoms with E-state index in [0.29, 0.717) is 17.3 Å². The van der Waals surface area contributed by atoms with Crippen molar-refractivity contribution < 1.29 is 9.21 Å². The average Bonchev–Trinajstić information content (AvgIpc) is 3.31. The fraction of sp³-hybridized carbons (Fsp3) is 0.167. The molecular weight excluding hydrogens is 344 g/mol. The molecule has 0 spiro atoms. The third-order valence-electron chi connectivity index (χ3n) is 4.01. The number of carbonyl (C=O) groups is 1. The first kappa shape index (κ1) is 15.4. The Kier molecular flexibility index (Phi) is 4.12. The lowest BCUT2D eigenvalue weighted by atomic mass is 10.3. The summed E-state index contributed by atoms with van der Waals surface area (Å²) in [6.07, 6.45) is 5.64. The average molecular weight is 359 g/mol. The summed E-state index contributed by atoms with van der Waals surface area (Å²) in [4.78, 5) is 14.1. The Hall–Kier alpha value is -2.11. The van der Waals surface area contributed by atoms with Crippen LogP contribution in [0.5, 0.6) is 0 Å². The number of hydrogen-bond acceptors (Lipinski definition) is 3. The molecule has 1 amide bonds. The number of halogens is 1. The zero-order valence-electron chi connectivity index (χ0n) is 12.8. The van der Waals surface area contributed by atoms with E-state index in [0.717, 1.165) is 17.0 Å². The molecule has 1 aromatic carbocycles. The smallest absolute Gasteiger partial charge is 0.234 e. The standard InChI is InChI=1S/C18H15ClN2O2S/c19-15-5-1-2-6-16(15)20-8-7-13(10-20)18-21(17(22)12-24-18)11-14-4-3-9-23-14/h1-10,18H,11-12H2. The van der Waals surface area contributed by atoms with Crippen molar-refractivity contribution >= 4 is 29.3 Å². The van der Waals surface area contributed by atoms with Gasteiger partial charge in [0.05, 0.1) is 29.3 Å². The van der Waals surface area contributed by atoms with E-state index in [2.05, 4.69) is 0 Å². The van der Waals surface area contributed by atoms with Gasteiger partial charge in [0.1, 0.15) is 11.1 Å². The molecule has 1 atom stereocenters. The van der Waals surface area contributed by atoms with Crippen LogP contribution < -0.4 is 0 Å². The summed E-state index contributed by atoms with van der Waals surface area (Å²) in [5.74, 6) is 1.41. The van der Waals surface area contributed by atoms with Crippen molar-refractivity contribution in [2.75, 3.05) is 5.75 Å². The maximum absolute atomic E-state index is 12.3. The molecule has 1 aliphatic heterocycles. The Labute approximate surface area is 149 Å². The van der Waals surface area contributed by atoms with Crippen molar-refractivity contribution in [2.24, 2.45) is 0 Å². The third-order valence-corrected chi connectivity index (χ3v) is 5.58. The Morgan fingerprint density at radius 2 is 2.08 bits per heavy atom. The van der Waals surface area contributed by atoms with Crippen molar-refractivity contribution in [3.63, 3.8) is 0 Å². The monoisotopic (exact) mass is 358 g/mol. The van der Waals surface area contributed by atoms with Gasteiger partial charge < -0.3 is 13.9 Å². The molecule has 1 aliphatic rings. The van der Waals surface area contributed by atoms with Crippen LogP contribution in [0, 0.1) is 0 Å². The number of hydrogen-bond donors (Lipinski definition) is 0. The fourth-order valence-electron chi connectivity index (χ4n) is 2.84. The number of benzene rings is 1. The molecule has 1 saturated heterocycles. The zero-order chi connectivity index (χ0) is 16.5. The van der Waals surface area contributed by atoms with E-state index in [1.807, 2.05) is 64.3 Å². The van der Waals surface area contributed by atoms with Gasteiger partial charge in [0, 0.05) is 18.0 Å². The molecule has 0 bridgehead atoms. The molecule has 24 heavy (non-hydrogen) atoms. The van der Waals surface area contributed by atoms with E-state index in [4.69, 9.17) is 16.0 Å². The van der Waals surface area contributed by atoms with Gasteiger partial charge in [-0.3, -0.25) is 4.79 Å². The molecular formula is C18H15ClN2O2S. The van der Waals surface area contributed by atoms with Crippen LogP contribution in [-0.4, -0.2) is 21.1 Å². The maximum atomic E-state index is 12.3. The lowest BCUT2D eigenvalue weighted by Crippen LogP contribution is -2.27. The molecule has 0 radical (unpaired) electrons. The van der Waals surface area contributed by atoms with Gasteiger partial charge in [0.15, 0.2) is 0 Å². The highest BCUT2D eigenvalue weighted by Crippen LogP contribution is 2.40. The van der Waals surface area contributed by atoms with Crippen LogP contribution in [-0.2, 0) is 11.3 Å². The molecule has 3 aromatic rings. The van der Waals surface area contributed by atoms with Gasteiger partial charge in [-0.2, -0.15) is 0 Å². The summed E-state index contributed by atoms with van der Waals surface area (Å²) in [6.45, 7) is 0.487. The Balaban J connectivity index is 1.61. The highest BCUT2D eigenvalue weighted by Gasteiger charge is 2.33. The van der Waals surface area contributed by atoms with Crippen molar-refractivity contribution in [3.05, 3.63) is 77.5 Å². The van der Waals surface area contributed by atoms with Crippen LogP contribution in [0.4, 0.5) is 0 Å². The van der Waals surface area contributed by atoms with E-state index in [1.165, 1.54) is 0 Å². The second-order valence-electron chi connectivity index (χ2n) is 5.57. The predicted molar refractivity (Wildman–Crippen MR) is 95.2 cm³/mol. The Morgan fingerprint density at radius 3 is 2.88 bits per heavy atom. The van der Waals surface area contributed by atoms with E-state index in [-0.39, 0.29) is 11.3 Å². The zero-order valence-corrected chi connectivity index (χ0v) is 14.3. The van der Waals surface area contributed by atoms with Gasteiger partial charge in [-0.05, 0) is 30.3 Å². The molecule has 0 saturated carbocycles. The van der Waals surface area contributed by atoms with Gasteiger partial charge in [0.2, 0.25) is 5.91 Å². The molecule has 1 unspecified atom stereocenters. The van der Waals surface area contributed by atoms with Crippen LogP contribution in [0.1, 0.15) is 16.7 Å². The number of aromatic nitrogens is 1. The number of thioether (sulfide) groups is 1. The summed E-state index contributed by atoms with van der Waals surface area (Å²) in [5.41, 5.74) is 2.01. The summed E-state index contributed by atoms with van der Waals surface area (Å²) in [5, 5.41) is 0.689. The quantitative estimate of drug-likeness (QED) is 0.689. The Morgan fingerprint density at radius 1 is 1.21 bits per heavy atom. The lowest BCUT2D eigenvalue weighted by molar-refractivity contribution is -0.128. The molecule has 3 heterocycles. The highest BCUT2D eigenvalue weighted by atomic mass is 35.5. The summed E-state index contributed by atoms with van der Waals surface area (Å²) >= 11 is 7.91. The molecule has 2 aromatic heterocycles. The lowest BCUT2D eigenvalue weighted by Gasteiger charge is -2.22. The predicted octanol–water partition coefficient (Wildman–Crippen LogP) is 4.50. The minimum Gasteiger partial charge on any atom is -0.467 e. The topological polar surface area (TPSA) is 38.4 Å². The molecule has 1 fully saturated rings. The number of amides is 1. The van der Waals surface area contributed by atoms with Gasteiger partial charge in [0.25, 0.3) is 0 Å². The van der Waals surface area contributed by atoms with Crippen molar-refractivity contribution in [1.29, 1.82) is 0 Å². The van der Waals surface area contributed by atoms with E-state index in [1.54, 1.807) is 18.0 Å². The maximum Gasteiger partial charge on any atom is 0.234 e. The second kappa shape index (κ2) is 6.42. The largest absolute Gasteiger partial charge is 0.467 e. The van der Waals surface area contributed by atoms with Gasteiger partial charge >= 0.3 is 0 Å². The normalized spacial score (nSPS) is 17.6. The van der Waals surface area contributed by atoms with E-state index in [9.17, 15) is 4.79 Å². The van der Waals surface area contributed by atoms with Gasteiger partial charge in [-0.1, -0.05) is 23.7 Å². The Bertz CT molecular complexity index is 860. The van der Waals surface area contributed by atoms with E-state index >= 15 is 0 Å². The summed E-state index contributed by atoms with van der Waals surface area (Å²) in [6, 6.07) is 13.5. The number of para-hydroxylation sites is 1. The highest BCUT2D eigenvalue weighted by molar-refractivity contribution is 8.00. The number of nitrogens with zero attached hydrogens (tertiary/aromatic N) is 2.